The lowest BCUT2D eigenvalue weighted by atomic mass is 9.98. The van der Waals surface area contributed by atoms with Crippen LogP contribution in [0.25, 0.3) is 11.0 Å². The second-order valence-electron chi connectivity index (χ2n) is 6.94. The van der Waals surface area contributed by atoms with Gasteiger partial charge in [-0.25, -0.2) is 0 Å². The Morgan fingerprint density at radius 1 is 1.03 bits per heavy atom. The number of hydrogen-bond acceptors (Lipinski definition) is 6. The van der Waals surface area contributed by atoms with Gasteiger partial charge in [0.25, 0.3) is 11.6 Å². The van der Waals surface area contributed by atoms with E-state index in [-0.39, 0.29) is 29.0 Å². The average Bonchev–Trinajstić information content (AvgIpc) is 3.36. The van der Waals surface area contributed by atoms with E-state index in [1.807, 2.05) is 0 Å². The molecule has 2 aromatic carbocycles. The van der Waals surface area contributed by atoms with Crippen molar-refractivity contribution in [1.29, 1.82) is 0 Å². The molecule has 0 saturated carbocycles. The van der Waals surface area contributed by atoms with Gasteiger partial charge in [0.1, 0.15) is 11.3 Å². The Bertz CT molecular complexity index is 1360. The van der Waals surface area contributed by atoms with E-state index < -0.39 is 16.9 Å². The van der Waals surface area contributed by atoms with Crippen LogP contribution in [0.3, 0.4) is 0 Å². The quantitative estimate of drug-likeness (QED) is 0.377. The number of non-ortho nitro benzene ring substituents is 1. The number of carbonyl (C=O) groups is 1. The summed E-state index contributed by atoms with van der Waals surface area (Å²) in [6.07, 6.45) is 1.49. The second kappa shape index (κ2) is 6.70. The van der Waals surface area contributed by atoms with Crippen LogP contribution in [-0.2, 0) is 6.54 Å². The van der Waals surface area contributed by atoms with Gasteiger partial charge in [0.2, 0.25) is 5.76 Å². The highest BCUT2D eigenvalue weighted by atomic mass is 16.6. The molecule has 1 atom stereocenters. The van der Waals surface area contributed by atoms with Crippen LogP contribution < -0.4 is 5.43 Å². The number of nitro benzene ring substituents is 1. The van der Waals surface area contributed by atoms with Crippen LogP contribution in [0, 0.1) is 10.1 Å². The van der Waals surface area contributed by atoms with E-state index in [1.54, 1.807) is 42.5 Å². The number of amides is 1. The van der Waals surface area contributed by atoms with E-state index in [2.05, 4.69) is 0 Å². The third-order valence-electron chi connectivity index (χ3n) is 5.18. The maximum absolute atomic E-state index is 13.3. The lowest BCUT2D eigenvalue weighted by Crippen LogP contribution is -2.29. The molecule has 3 heterocycles. The van der Waals surface area contributed by atoms with Crippen molar-refractivity contribution in [3.8, 4) is 0 Å². The Morgan fingerprint density at radius 2 is 1.87 bits per heavy atom. The molecular weight excluding hydrogens is 388 g/mol. The van der Waals surface area contributed by atoms with Crippen LogP contribution in [-0.4, -0.2) is 15.7 Å². The highest BCUT2D eigenvalue weighted by Crippen LogP contribution is 2.39. The lowest BCUT2D eigenvalue weighted by molar-refractivity contribution is -0.384. The summed E-state index contributed by atoms with van der Waals surface area (Å²) in [5, 5.41) is 11.6. The van der Waals surface area contributed by atoms with Crippen LogP contribution in [0.2, 0.25) is 0 Å². The van der Waals surface area contributed by atoms with E-state index in [9.17, 15) is 19.7 Å². The van der Waals surface area contributed by atoms with Crippen molar-refractivity contribution in [2.24, 2.45) is 0 Å². The Balaban J connectivity index is 1.75. The first-order valence-electron chi connectivity index (χ1n) is 9.18. The molecule has 4 aromatic rings. The summed E-state index contributed by atoms with van der Waals surface area (Å²) >= 11 is 0. The van der Waals surface area contributed by atoms with E-state index in [0.717, 1.165) is 0 Å². The molecule has 0 N–H and O–H groups in total. The highest BCUT2D eigenvalue weighted by molar-refractivity contribution is 5.99. The summed E-state index contributed by atoms with van der Waals surface area (Å²) in [7, 11) is 0. The first-order chi connectivity index (χ1) is 14.5. The van der Waals surface area contributed by atoms with Crippen molar-refractivity contribution in [3.63, 3.8) is 0 Å². The summed E-state index contributed by atoms with van der Waals surface area (Å²) in [4.78, 5) is 38.8. The monoisotopic (exact) mass is 402 g/mol. The molecule has 5 rings (SSSR count). The summed E-state index contributed by atoms with van der Waals surface area (Å²) in [5.74, 6) is -0.00823. The molecule has 1 aliphatic heterocycles. The van der Waals surface area contributed by atoms with Crippen molar-refractivity contribution in [2.75, 3.05) is 0 Å². The van der Waals surface area contributed by atoms with Crippen LogP contribution in [0.4, 0.5) is 5.69 Å². The van der Waals surface area contributed by atoms with Crippen molar-refractivity contribution < 1.29 is 18.6 Å². The predicted octanol–water partition coefficient (Wildman–Crippen LogP) is 4.04. The highest BCUT2D eigenvalue weighted by Gasteiger charge is 2.43. The number of para-hydroxylation sites is 1. The van der Waals surface area contributed by atoms with Crippen LogP contribution in [0.1, 0.15) is 33.5 Å². The zero-order valence-electron chi connectivity index (χ0n) is 15.5. The number of furan rings is 1. The average molecular weight is 402 g/mol. The minimum absolute atomic E-state index is 0.0539. The number of benzene rings is 2. The Morgan fingerprint density at radius 3 is 2.63 bits per heavy atom. The van der Waals surface area contributed by atoms with Gasteiger partial charge in [-0.05, 0) is 29.8 Å². The zero-order chi connectivity index (χ0) is 20.8. The molecule has 2 aromatic heterocycles. The fourth-order valence-electron chi connectivity index (χ4n) is 3.86. The van der Waals surface area contributed by atoms with Gasteiger partial charge in [0, 0.05) is 12.1 Å². The Kier molecular flexibility index (Phi) is 3.99. The molecule has 148 valence electrons. The fraction of sp³-hybridized carbons (Fsp3) is 0.0909. The van der Waals surface area contributed by atoms with E-state index in [4.69, 9.17) is 8.83 Å². The molecule has 1 amide bonds. The molecule has 0 radical (unpaired) electrons. The van der Waals surface area contributed by atoms with Gasteiger partial charge in [-0.3, -0.25) is 19.7 Å². The summed E-state index contributed by atoms with van der Waals surface area (Å²) in [6, 6.07) is 15.2. The Labute approximate surface area is 169 Å². The molecule has 0 fully saturated rings. The molecular formula is C22H14N2O6. The molecule has 8 heteroatoms. The third kappa shape index (κ3) is 2.69. The number of rotatable bonds is 4. The SMILES string of the molecule is O=C1c2oc3ccccc3c(=O)c2[C@H](c2cccc([N+](=O)[O-])c2)N1Cc1ccco1. The molecule has 0 unspecified atom stereocenters. The molecule has 8 nitrogen and oxygen atoms in total. The van der Waals surface area contributed by atoms with Crippen molar-refractivity contribution in [3.05, 3.63) is 110 Å². The molecule has 1 aliphatic rings. The standard InChI is InChI=1S/C22H14N2O6/c25-20-16-8-1-2-9-17(16)30-21-18(20)19(13-5-3-6-14(11-13)24(27)28)23(22(21)26)12-15-7-4-10-29-15/h1-11,19H,12H2/t19-/m0/s1. The first kappa shape index (κ1) is 17.9. The van der Waals surface area contributed by atoms with E-state index in [1.165, 1.54) is 29.4 Å². The van der Waals surface area contributed by atoms with Crippen molar-refractivity contribution in [2.45, 2.75) is 12.6 Å². The molecule has 0 bridgehead atoms. The first-order valence-corrected chi connectivity index (χ1v) is 9.18. The van der Waals surface area contributed by atoms with Gasteiger partial charge in [0.05, 0.1) is 34.7 Å². The molecule has 30 heavy (non-hydrogen) atoms. The van der Waals surface area contributed by atoms with Crippen LogP contribution in [0.5, 0.6) is 0 Å². The maximum atomic E-state index is 13.3. The minimum Gasteiger partial charge on any atom is -0.467 e. The number of fused-ring (bicyclic) bond motifs is 2. The number of nitro groups is 1. The largest absolute Gasteiger partial charge is 0.467 e. The van der Waals surface area contributed by atoms with Gasteiger partial charge in [-0.2, -0.15) is 0 Å². The maximum Gasteiger partial charge on any atom is 0.291 e. The van der Waals surface area contributed by atoms with Crippen molar-refractivity contribution >= 4 is 22.6 Å². The normalized spacial score (nSPS) is 15.5. The van der Waals surface area contributed by atoms with Gasteiger partial charge in [-0.1, -0.05) is 24.3 Å². The smallest absolute Gasteiger partial charge is 0.291 e. The van der Waals surface area contributed by atoms with Crippen LogP contribution in [0.15, 0.2) is 80.6 Å². The number of hydrogen-bond donors (Lipinski definition) is 0. The predicted molar refractivity (Wildman–Crippen MR) is 106 cm³/mol. The summed E-state index contributed by atoms with van der Waals surface area (Å²) in [6.45, 7) is 0.0825. The van der Waals surface area contributed by atoms with Gasteiger partial charge in [-0.15, -0.1) is 0 Å². The van der Waals surface area contributed by atoms with Crippen molar-refractivity contribution in [1.82, 2.24) is 4.90 Å². The minimum atomic E-state index is -0.835. The molecule has 0 saturated heterocycles. The lowest BCUT2D eigenvalue weighted by Gasteiger charge is -2.24. The number of nitrogens with zero attached hydrogens (tertiary/aromatic N) is 2. The van der Waals surface area contributed by atoms with Gasteiger partial charge in [0.15, 0.2) is 5.43 Å². The second-order valence-corrected chi connectivity index (χ2v) is 6.94. The fourth-order valence-corrected chi connectivity index (χ4v) is 3.86. The van der Waals surface area contributed by atoms with E-state index >= 15 is 0 Å². The molecule has 0 aliphatic carbocycles. The summed E-state index contributed by atoms with van der Waals surface area (Å²) < 4.78 is 11.2. The Hall–Kier alpha value is -4.20. The van der Waals surface area contributed by atoms with E-state index in [0.29, 0.717) is 22.3 Å². The van der Waals surface area contributed by atoms with Crippen LogP contribution >= 0.6 is 0 Å². The van der Waals surface area contributed by atoms with Gasteiger partial charge < -0.3 is 13.7 Å². The zero-order valence-corrected chi connectivity index (χ0v) is 15.5. The summed E-state index contributed by atoms with van der Waals surface area (Å²) in [5.41, 5.74) is 0.471. The molecule has 0 spiro atoms. The topological polar surface area (TPSA) is 107 Å². The third-order valence-corrected chi connectivity index (χ3v) is 5.18. The number of carbonyl (C=O) groups excluding carboxylic acids is 1. The van der Waals surface area contributed by atoms with Gasteiger partial charge >= 0.3 is 0 Å².